The number of rotatable bonds is 8. The molecule has 3 nitrogen and oxygen atoms in total. The summed E-state index contributed by atoms with van der Waals surface area (Å²) in [5.41, 5.74) is 0. The highest BCUT2D eigenvalue weighted by molar-refractivity contribution is 4.78. The minimum Gasteiger partial charge on any atom is -0.389 e. The van der Waals surface area contributed by atoms with Gasteiger partial charge >= 0.3 is 0 Å². The van der Waals surface area contributed by atoms with Gasteiger partial charge in [0.2, 0.25) is 0 Å². The Morgan fingerprint density at radius 2 is 1.80 bits per heavy atom. The Balaban J connectivity index is 1.51. The maximum atomic E-state index is 9.99. The van der Waals surface area contributed by atoms with Gasteiger partial charge in [-0.3, -0.25) is 0 Å². The topological polar surface area (TPSA) is 41.5 Å². The SMILES string of the molecule is CCCC1CCC(NCC(O)COC2CCCC2)CC1. The van der Waals surface area contributed by atoms with Crippen LogP contribution in [0.3, 0.4) is 0 Å². The molecule has 2 saturated carbocycles. The maximum absolute atomic E-state index is 9.99. The van der Waals surface area contributed by atoms with Gasteiger partial charge in [0.05, 0.1) is 18.8 Å². The second kappa shape index (κ2) is 9.01. The highest BCUT2D eigenvalue weighted by atomic mass is 16.5. The van der Waals surface area contributed by atoms with Crippen molar-refractivity contribution in [3.8, 4) is 0 Å². The summed E-state index contributed by atoms with van der Waals surface area (Å²) in [6.07, 6.45) is 13.0. The van der Waals surface area contributed by atoms with Crippen LogP contribution in [0.5, 0.6) is 0 Å². The van der Waals surface area contributed by atoms with Crippen LogP contribution in [0, 0.1) is 5.92 Å². The molecule has 1 atom stereocenters. The van der Waals surface area contributed by atoms with E-state index in [2.05, 4.69) is 12.2 Å². The largest absolute Gasteiger partial charge is 0.389 e. The van der Waals surface area contributed by atoms with Crippen molar-refractivity contribution in [1.29, 1.82) is 0 Å². The van der Waals surface area contributed by atoms with Crippen molar-refractivity contribution in [3.63, 3.8) is 0 Å². The third-order valence-corrected chi connectivity index (χ3v) is 5.01. The molecule has 0 amide bonds. The zero-order chi connectivity index (χ0) is 14.2. The standard InChI is InChI=1S/C17H33NO2/c1-2-5-14-8-10-15(11-9-14)18-12-16(19)13-20-17-6-3-4-7-17/h14-19H,2-13H2,1H3. The van der Waals surface area contributed by atoms with Gasteiger partial charge in [-0.2, -0.15) is 0 Å². The summed E-state index contributed by atoms with van der Waals surface area (Å²) >= 11 is 0. The van der Waals surface area contributed by atoms with Crippen molar-refractivity contribution >= 4 is 0 Å². The molecule has 2 fully saturated rings. The van der Waals surface area contributed by atoms with Crippen LogP contribution in [0.25, 0.3) is 0 Å². The summed E-state index contributed by atoms with van der Waals surface area (Å²) in [7, 11) is 0. The minimum atomic E-state index is -0.344. The molecule has 2 aliphatic rings. The maximum Gasteiger partial charge on any atom is 0.0897 e. The lowest BCUT2D eigenvalue weighted by atomic mass is 9.83. The number of ether oxygens (including phenoxy) is 1. The molecule has 0 heterocycles. The fraction of sp³-hybridized carbons (Fsp3) is 1.00. The smallest absolute Gasteiger partial charge is 0.0897 e. The van der Waals surface area contributed by atoms with Crippen LogP contribution in [0.1, 0.15) is 71.1 Å². The lowest BCUT2D eigenvalue weighted by Crippen LogP contribution is -2.39. The summed E-state index contributed by atoms with van der Waals surface area (Å²) in [4.78, 5) is 0. The van der Waals surface area contributed by atoms with Gasteiger partial charge in [0.15, 0.2) is 0 Å². The summed E-state index contributed by atoms with van der Waals surface area (Å²) in [6.45, 7) is 3.48. The van der Waals surface area contributed by atoms with Crippen LogP contribution in [0.2, 0.25) is 0 Å². The predicted octanol–water partition coefficient (Wildman–Crippen LogP) is 3.26. The van der Waals surface area contributed by atoms with Gasteiger partial charge in [-0.25, -0.2) is 0 Å². The fourth-order valence-corrected chi connectivity index (χ4v) is 3.73. The van der Waals surface area contributed by atoms with Gasteiger partial charge in [0.1, 0.15) is 0 Å². The first-order valence-electron chi connectivity index (χ1n) is 8.81. The van der Waals surface area contributed by atoms with Crippen molar-refractivity contribution in [2.24, 2.45) is 5.92 Å². The molecule has 0 bridgehead atoms. The first-order valence-corrected chi connectivity index (χ1v) is 8.81. The van der Waals surface area contributed by atoms with Crippen molar-refractivity contribution in [3.05, 3.63) is 0 Å². The molecule has 3 heteroatoms. The monoisotopic (exact) mass is 283 g/mol. The number of aliphatic hydroxyl groups excluding tert-OH is 1. The minimum absolute atomic E-state index is 0.344. The third kappa shape index (κ3) is 5.71. The van der Waals surface area contributed by atoms with E-state index < -0.39 is 0 Å². The molecule has 2 aliphatic carbocycles. The molecule has 0 aliphatic heterocycles. The first-order chi connectivity index (χ1) is 9.78. The molecule has 20 heavy (non-hydrogen) atoms. The second-order valence-electron chi connectivity index (χ2n) is 6.81. The van der Waals surface area contributed by atoms with E-state index in [1.807, 2.05) is 0 Å². The van der Waals surface area contributed by atoms with E-state index in [1.165, 1.54) is 64.2 Å². The third-order valence-electron chi connectivity index (χ3n) is 5.01. The average Bonchev–Trinajstić information content (AvgIpc) is 2.98. The zero-order valence-corrected chi connectivity index (χ0v) is 13.2. The van der Waals surface area contributed by atoms with Gasteiger partial charge in [-0.05, 0) is 44.4 Å². The molecule has 0 saturated heterocycles. The van der Waals surface area contributed by atoms with E-state index in [0.717, 1.165) is 5.92 Å². The van der Waals surface area contributed by atoms with E-state index >= 15 is 0 Å². The Hall–Kier alpha value is -0.120. The Bertz CT molecular complexity index is 245. The average molecular weight is 283 g/mol. The van der Waals surface area contributed by atoms with E-state index in [0.29, 0.717) is 25.3 Å². The van der Waals surface area contributed by atoms with E-state index in [1.54, 1.807) is 0 Å². The van der Waals surface area contributed by atoms with Crippen LogP contribution >= 0.6 is 0 Å². The van der Waals surface area contributed by atoms with Crippen molar-refractivity contribution in [2.75, 3.05) is 13.2 Å². The molecule has 0 radical (unpaired) electrons. The van der Waals surface area contributed by atoms with Crippen LogP contribution < -0.4 is 5.32 Å². The number of hydrogen-bond acceptors (Lipinski definition) is 3. The molecule has 0 aromatic carbocycles. The van der Waals surface area contributed by atoms with Gasteiger partial charge in [0, 0.05) is 12.6 Å². The van der Waals surface area contributed by atoms with E-state index in [4.69, 9.17) is 4.74 Å². The number of nitrogens with one attached hydrogen (secondary N) is 1. The summed E-state index contributed by atoms with van der Waals surface area (Å²) in [6, 6.07) is 0.615. The van der Waals surface area contributed by atoms with Gasteiger partial charge in [-0.15, -0.1) is 0 Å². The van der Waals surface area contributed by atoms with Gasteiger partial charge in [0.25, 0.3) is 0 Å². The van der Waals surface area contributed by atoms with E-state index in [-0.39, 0.29) is 6.10 Å². The molecular formula is C17H33NO2. The van der Waals surface area contributed by atoms with Crippen LogP contribution in [-0.2, 0) is 4.74 Å². The second-order valence-corrected chi connectivity index (χ2v) is 6.81. The molecule has 0 aromatic rings. The Kier molecular flexibility index (Phi) is 7.32. The molecule has 1 unspecified atom stereocenters. The molecule has 0 aromatic heterocycles. The summed E-state index contributed by atoms with van der Waals surface area (Å²) in [5.74, 6) is 0.952. The molecule has 2 N–H and O–H groups in total. The predicted molar refractivity (Wildman–Crippen MR) is 82.9 cm³/mol. The Morgan fingerprint density at radius 1 is 1.10 bits per heavy atom. The lowest BCUT2D eigenvalue weighted by molar-refractivity contribution is -0.00673. The molecule has 2 rings (SSSR count). The van der Waals surface area contributed by atoms with Crippen LogP contribution in [0.15, 0.2) is 0 Å². The van der Waals surface area contributed by atoms with Crippen LogP contribution in [0.4, 0.5) is 0 Å². The quantitative estimate of drug-likeness (QED) is 0.718. The van der Waals surface area contributed by atoms with Crippen molar-refractivity contribution in [1.82, 2.24) is 5.32 Å². The Morgan fingerprint density at radius 3 is 2.45 bits per heavy atom. The highest BCUT2D eigenvalue weighted by Gasteiger charge is 2.21. The summed E-state index contributed by atoms with van der Waals surface area (Å²) < 4.78 is 5.76. The van der Waals surface area contributed by atoms with E-state index in [9.17, 15) is 5.11 Å². The van der Waals surface area contributed by atoms with Gasteiger partial charge < -0.3 is 15.2 Å². The molecular weight excluding hydrogens is 250 g/mol. The lowest BCUT2D eigenvalue weighted by Gasteiger charge is -2.29. The van der Waals surface area contributed by atoms with Gasteiger partial charge in [-0.1, -0.05) is 32.6 Å². The first kappa shape index (κ1) is 16.3. The van der Waals surface area contributed by atoms with Crippen LogP contribution in [-0.4, -0.2) is 36.5 Å². The number of hydrogen-bond donors (Lipinski definition) is 2. The zero-order valence-electron chi connectivity index (χ0n) is 13.2. The van der Waals surface area contributed by atoms with Crippen molar-refractivity contribution in [2.45, 2.75) is 89.4 Å². The molecule has 118 valence electrons. The summed E-state index contributed by atoms with van der Waals surface area (Å²) in [5, 5.41) is 13.5. The Labute approximate surface area is 124 Å². The fourth-order valence-electron chi connectivity index (χ4n) is 3.73. The highest BCUT2D eigenvalue weighted by Crippen LogP contribution is 2.27. The molecule has 0 spiro atoms. The van der Waals surface area contributed by atoms with Crippen molar-refractivity contribution < 1.29 is 9.84 Å². The normalized spacial score (nSPS) is 29.7. The number of aliphatic hydroxyl groups is 1.